The number of nitro groups is 1. The highest BCUT2D eigenvalue weighted by molar-refractivity contribution is 7.90. The first-order valence-corrected chi connectivity index (χ1v) is 7.30. The molecule has 1 aromatic carbocycles. The largest absolute Gasteiger partial charge is 0.505 e. The van der Waals surface area contributed by atoms with Crippen molar-refractivity contribution in [2.24, 2.45) is 0 Å². The number of phenols is 1. The molecule has 0 spiro atoms. The second-order valence-electron chi connectivity index (χ2n) is 4.21. The summed E-state index contributed by atoms with van der Waals surface area (Å²) in [5, 5.41) is 23.2. The van der Waals surface area contributed by atoms with Crippen LogP contribution >= 0.6 is 0 Å². The summed E-state index contributed by atoms with van der Waals surface area (Å²) >= 11 is 0. The second-order valence-corrected chi connectivity index (χ2v) is 5.89. The van der Waals surface area contributed by atoms with Crippen LogP contribution in [0.5, 0.6) is 5.75 Å². The first-order valence-electron chi connectivity index (χ1n) is 5.86. The van der Waals surface area contributed by atoms with Crippen molar-refractivity contribution >= 4 is 21.6 Å². The van der Waals surface area contributed by atoms with Gasteiger partial charge in [0, 0.05) is 32.2 Å². The van der Waals surface area contributed by atoms with E-state index in [4.69, 9.17) is 0 Å². The molecule has 0 aromatic heterocycles. The molecule has 0 saturated carbocycles. The Morgan fingerprint density at radius 2 is 2.00 bits per heavy atom. The predicted molar refractivity (Wildman–Crippen MR) is 71.7 cm³/mol. The van der Waals surface area contributed by atoms with Gasteiger partial charge in [0.1, 0.15) is 5.75 Å². The van der Waals surface area contributed by atoms with Crippen molar-refractivity contribution in [3.8, 4) is 5.75 Å². The van der Waals surface area contributed by atoms with E-state index in [-0.39, 0.29) is 11.4 Å². The molecule has 0 unspecified atom stereocenters. The van der Waals surface area contributed by atoms with Crippen LogP contribution in [0.1, 0.15) is 0 Å². The van der Waals surface area contributed by atoms with E-state index in [0.29, 0.717) is 26.2 Å². The second kappa shape index (κ2) is 5.61. The van der Waals surface area contributed by atoms with Crippen molar-refractivity contribution in [3.63, 3.8) is 0 Å². The number of phenolic OH excluding ortho intramolecular Hbond substituents is 1. The number of anilines is 1. The van der Waals surface area contributed by atoms with Crippen molar-refractivity contribution in [3.05, 3.63) is 28.3 Å². The Labute approximate surface area is 115 Å². The van der Waals surface area contributed by atoms with E-state index in [1.807, 2.05) is 0 Å². The fraction of sp³-hybridized carbons (Fsp3) is 0.400. The van der Waals surface area contributed by atoms with Crippen LogP contribution in [0.15, 0.2) is 18.2 Å². The van der Waals surface area contributed by atoms with Crippen LogP contribution in [0.4, 0.5) is 11.4 Å². The van der Waals surface area contributed by atoms with E-state index in [9.17, 15) is 23.6 Å². The minimum atomic E-state index is -3.78. The Balaban J connectivity index is 2.18. The number of piperazine rings is 1. The maximum absolute atomic E-state index is 12.1. The van der Waals surface area contributed by atoms with Gasteiger partial charge < -0.3 is 10.4 Å². The number of non-ortho nitro benzene ring substituents is 1. The Morgan fingerprint density at radius 3 is 2.55 bits per heavy atom. The number of hydrogen-bond acceptors (Lipinski definition) is 6. The Bertz CT molecular complexity index is 612. The molecule has 0 bridgehead atoms. The molecule has 1 aliphatic rings. The molecule has 1 aromatic rings. The average molecular weight is 302 g/mol. The van der Waals surface area contributed by atoms with Gasteiger partial charge in [-0.25, -0.2) is 0 Å². The smallest absolute Gasteiger partial charge is 0.301 e. The monoisotopic (exact) mass is 302 g/mol. The first-order chi connectivity index (χ1) is 9.40. The van der Waals surface area contributed by atoms with E-state index >= 15 is 0 Å². The molecule has 2 rings (SSSR count). The molecule has 1 fully saturated rings. The highest BCUT2D eigenvalue weighted by Crippen LogP contribution is 2.29. The number of hydrogen-bond donors (Lipinski definition) is 3. The van der Waals surface area contributed by atoms with Gasteiger partial charge in [0.2, 0.25) is 0 Å². The maximum atomic E-state index is 12.1. The summed E-state index contributed by atoms with van der Waals surface area (Å²) in [5.74, 6) is -0.488. The van der Waals surface area contributed by atoms with Gasteiger partial charge in [-0.1, -0.05) is 0 Å². The third-order valence-electron chi connectivity index (χ3n) is 2.85. The first kappa shape index (κ1) is 14.5. The van der Waals surface area contributed by atoms with Gasteiger partial charge in [-0.3, -0.25) is 14.8 Å². The fourth-order valence-electron chi connectivity index (χ4n) is 1.81. The van der Waals surface area contributed by atoms with Gasteiger partial charge in [0.15, 0.2) is 0 Å². The number of nitro benzene ring substituents is 1. The SMILES string of the molecule is O=[N+]([O-])c1ccc(NS(=O)(=O)N2CCNCC2)c(O)c1. The summed E-state index contributed by atoms with van der Waals surface area (Å²) in [4.78, 5) is 9.87. The molecule has 1 saturated heterocycles. The average Bonchev–Trinajstić information content (AvgIpc) is 2.41. The lowest BCUT2D eigenvalue weighted by molar-refractivity contribution is -0.384. The van der Waals surface area contributed by atoms with E-state index in [1.54, 1.807) is 0 Å². The molecule has 1 heterocycles. The summed E-state index contributed by atoms with van der Waals surface area (Å²) in [6, 6.07) is 3.18. The summed E-state index contributed by atoms with van der Waals surface area (Å²) in [7, 11) is -3.78. The molecule has 20 heavy (non-hydrogen) atoms. The molecule has 0 aliphatic carbocycles. The molecule has 0 atom stereocenters. The number of nitrogens with one attached hydrogen (secondary N) is 2. The third-order valence-corrected chi connectivity index (χ3v) is 4.37. The minimum Gasteiger partial charge on any atom is -0.505 e. The Morgan fingerprint density at radius 1 is 1.35 bits per heavy atom. The van der Waals surface area contributed by atoms with Crippen molar-refractivity contribution in [1.29, 1.82) is 0 Å². The van der Waals surface area contributed by atoms with Crippen LogP contribution < -0.4 is 10.0 Å². The number of aromatic hydroxyl groups is 1. The molecule has 10 heteroatoms. The third kappa shape index (κ3) is 3.15. The fourth-order valence-corrected chi connectivity index (χ4v) is 3.05. The van der Waals surface area contributed by atoms with Crippen molar-refractivity contribution < 1.29 is 18.4 Å². The lowest BCUT2D eigenvalue weighted by Crippen LogP contribution is -2.48. The van der Waals surface area contributed by atoms with Crippen molar-refractivity contribution in [1.82, 2.24) is 9.62 Å². The number of rotatable bonds is 4. The standard InChI is InChI=1S/C10H14N4O5S/c15-10-7-8(14(16)17)1-2-9(10)12-20(18,19)13-5-3-11-4-6-13/h1-2,7,11-12,15H,3-6H2. The highest BCUT2D eigenvalue weighted by atomic mass is 32.2. The zero-order valence-corrected chi connectivity index (χ0v) is 11.3. The quantitative estimate of drug-likeness (QED) is 0.404. The zero-order chi connectivity index (χ0) is 14.8. The molecular weight excluding hydrogens is 288 g/mol. The van der Waals surface area contributed by atoms with E-state index in [1.165, 1.54) is 4.31 Å². The van der Waals surface area contributed by atoms with Crippen molar-refractivity contribution in [2.75, 3.05) is 30.9 Å². The lowest BCUT2D eigenvalue weighted by atomic mass is 10.3. The van der Waals surface area contributed by atoms with Crippen LogP contribution in [-0.2, 0) is 10.2 Å². The normalized spacial score (nSPS) is 16.8. The van der Waals surface area contributed by atoms with Crippen molar-refractivity contribution in [2.45, 2.75) is 0 Å². The van der Waals surface area contributed by atoms with Gasteiger partial charge in [0.05, 0.1) is 16.7 Å². The Kier molecular flexibility index (Phi) is 4.06. The predicted octanol–water partition coefficient (Wildman–Crippen LogP) is -0.138. The topological polar surface area (TPSA) is 125 Å². The number of nitrogens with zero attached hydrogens (tertiary/aromatic N) is 2. The highest BCUT2D eigenvalue weighted by Gasteiger charge is 2.24. The van der Waals surface area contributed by atoms with Crippen LogP contribution in [-0.4, -0.2) is 48.9 Å². The molecule has 110 valence electrons. The lowest BCUT2D eigenvalue weighted by Gasteiger charge is -2.26. The summed E-state index contributed by atoms with van der Waals surface area (Å²) in [5.41, 5.74) is -0.401. The van der Waals surface area contributed by atoms with Crippen LogP contribution in [0, 0.1) is 10.1 Å². The minimum absolute atomic E-state index is 0.0888. The van der Waals surface area contributed by atoms with Crippen LogP contribution in [0.3, 0.4) is 0 Å². The van der Waals surface area contributed by atoms with Gasteiger partial charge in [0.25, 0.3) is 5.69 Å². The summed E-state index contributed by atoms with van der Waals surface area (Å²) in [6.07, 6.45) is 0. The number of benzene rings is 1. The van der Waals surface area contributed by atoms with E-state index in [0.717, 1.165) is 18.2 Å². The molecule has 0 radical (unpaired) electrons. The van der Waals surface area contributed by atoms with E-state index < -0.39 is 20.9 Å². The summed E-state index contributed by atoms with van der Waals surface area (Å²) in [6.45, 7) is 1.74. The molecule has 1 aliphatic heterocycles. The summed E-state index contributed by atoms with van der Waals surface area (Å²) < 4.78 is 27.6. The van der Waals surface area contributed by atoms with Crippen LogP contribution in [0.25, 0.3) is 0 Å². The van der Waals surface area contributed by atoms with Crippen LogP contribution in [0.2, 0.25) is 0 Å². The molecule has 9 nitrogen and oxygen atoms in total. The molecule has 3 N–H and O–H groups in total. The maximum Gasteiger partial charge on any atom is 0.301 e. The van der Waals surface area contributed by atoms with Gasteiger partial charge in [-0.15, -0.1) is 0 Å². The molecule has 0 amide bonds. The van der Waals surface area contributed by atoms with Gasteiger partial charge >= 0.3 is 10.2 Å². The molecular formula is C10H14N4O5S. The van der Waals surface area contributed by atoms with E-state index in [2.05, 4.69) is 10.0 Å². The van der Waals surface area contributed by atoms with Gasteiger partial charge in [-0.05, 0) is 6.07 Å². The Hall–Kier alpha value is -1.91. The van der Waals surface area contributed by atoms with Gasteiger partial charge in [-0.2, -0.15) is 12.7 Å². The zero-order valence-electron chi connectivity index (χ0n) is 10.4.